The molecule has 4 rings (SSSR count). The molecule has 3 aromatic carbocycles. The third-order valence-electron chi connectivity index (χ3n) is 6.87. The maximum Gasteiger partial charge on any atom is 0.335 e. The first-order valence-corrected chi connectivity index (χ1v) is 14.7. The summed E-state index contributed by atoms with van der Waals surface area (Å²) >= 11 is 1.52. The van der Waals surface area contributed by atoms with Gasteiger partial charge in [-0.2, -0.15) is 4.31 Å². The number of carboxylic acids is 1. The van der Waals surface area contributed by atoms with Crippen LogP contribution in [0.1, 0.15) is 42.1 Å². The number of anilines is 2. The van der Waals surface area contributed by atoms with Gasteiger partial charge in [-0.25, -0.2) is 13.2 Å². The van der Waals surface area contributed by atoms with E-state index in [1.165, 1.54) is 16.1 Å². The van der Waals surface area contributed by atoms with Crippen LogP contribution < -0.4 is 4.90 Å². The van der Waals surface area contributed by atoms with Crippen LogP contribution in [0.2, 0.25) is 0 Å². The van der Waals surface area contributed by atoms with Gasteiger partial charge in [0.25, 0.3) is 0 Å². The maximum absolute atomic E-state index is 14.0. The highest BCUT2D eigenvalue weighted by Crippen LogP contribution is 2.44. The Morgan fingerprint density at radius 3 is 2.47 bits per heavy atom. The normalized spacial score (nSPS) is 17.4. The quantitative estimate of drug-likeness (QED) is 0.360. The molecule has 0 aromatic heterocycles. The van der Waals surface area contributed by atoms with E-state index in [1.54, 1.807) is 32.2 Å². The minimum Gasteiger partial charge on any atom is -0.478 e. The molecule has 0 fully saturated rings. The number of hydrogen-bond acceptors (Lipinski definition) is 5. The first-order chi connectivity index (χ1) is 17.2. The van der Waals surface area contributed by atoms with E-state index in [1.807, 2.05) is 48.7 Å². The average Bonchev–Trinajstić information content (AvgIpc) is 2.95. The number of likely N-dealkylation sites (N-methyl/N-ethyl adjacent to an activating group) is 1. The second-order valence-electron chi connectivity index (χ2n) is 9.12. The number of hydrogen-bond donors (Lipinski definition) is 1. The average molecular weight is 525 g/mol. The number of nitrogens with zero attached hydrogens (tertiary/aromatic N) is 2. The van der Waals surface area contributed by atoms with Crippen molar-refractivity contribution in [3.8, 4) is 11.1 Å². The number of carboxylic acid groups (broad SMARTS) is 1. The monoisotopic (exact) mass is 524 g/mol. The third-order valence-corrected chi connectivity index (χ3v) is 9.59. The van der Waals surface area contributed by atoms with E-state index < -0.39 is 16.0 Å². The summed E-state index contributed by atoms with van der Waals surface area (Å²) in [6.45, 7) is 4.42. The molecule has 1 heterocycles. The highest BCUT2D eigenvalue weighted by Gasteiger charge is 2.37. The summed E-state index contributed by atoms with van der Waals surface area (Å²) in [6, 6.07) is 18.6. The molecule has 0 radical (unpaired) electrons. The number of benzene rings is 3. The van der Waals surface area contributed by atoms with Crippen LogP contribution in [0.5, 0.6) is 0 Å². The van der Waals surface area contributed by atoms with Gasteiger partial charge < -0.3 is 10.0 Å². The summed E-state index contributed by atoms with van der Waals surface area (Å²) in [7, 11) is -2.13. The van der Waals surface area contributed by atoms with Gasteiger partial charge in [0.15, 0.2) is 0 Å². The molecule has 0 spiro atoms. The second kappa shape index (κ2) is 10.7. The number of thioether (sulfide) groups is 1. The Morgan fingerprint density at radius 1 is 1.11 bits per heavy atom. The number of unbranched alkanes of at least 4 members (excludes halogenated alkanes) is 1. The molecule has 1 atom stereocenters. The lowest BCUT2D eigenvalue weighted by Gasteiger charge is -2.29. The van der Waals surface area contributed by atoms with E-state index in [0.717, 1.165) is 29.8 Å². The predicted molar refractivity (Wildman–Crippen MR) is 147 cm³/mol. The number of aromatic carboxylic acids is 1. The van der Waals surface area contributed by atoms with Gasteiger partial charge in [-0.15, -0.1) is 11.8 Å². The Bertz CT molecular complexity index is 1370. The van der Waals surface area contributed by atoms with Gasteiger partial charge in [0.05, 0.1) is 11.3 Å². The molecule has 1 unspecified atom stereocenters. The lowest BCUT2D eigenvalue weighted by Crippen LogP contribution is -2.40. The van der Waals surface area contributed by atoms with E-state index in [9.17, 15) is 18.3 Å². The van der Waals surface area contributed by atoms with Crippen LogP contribution >= 0.6 is 11.8 Å². The van der Waals surface area contributed by atoms with E-state index in [0.29, 0.717) is 28.9 Å². The smallest absolute Gasteiger partial charge is 0.335 e. The summed E-state index contributed by atoms with van der Waals surface area (Å²) in [5.41, 5.74) is 3.84. The first-order valence-electron chi connectivity index (χ1n) is 12.1. The van der Waals surface area contributed by atoms with Crippen molar-refractivity contribution >= 4 is 39.1 Å². The van der Waals surface area contributed by atoms with Crippen molar-refractivity contribution < 1.29 is 18.3 Å². The summed E-state index contributed by atoms with van der Waals surface area (Å²) in [5.74, 6) is -1.00. The van der Waals surface area contributed by atoms with E-state index in [2.05, 4.69) is 11.8 Å². The number of aryl methyl sites for hydroxylation is 1. The van der Waals surface area contributed by atoms with Gasteiger partial charge in [0, 0.05) is 30.2 Å². The molecule has 0 bridgehead atoms. The summed E-state index contributed by atoms with van der Waals surface area (Å²) < 4.78 is 29.5. The van der Waals surface area contributed by atoms with Crippen LogP contribution in [0.25, 0.3) is 11.1 Å². The fourth-order valence-corrected chi connectivity index (χ4v) is 6.92. The molecule has 36 heavy (non-hydrogen) atoms. The van der Waals surface area contributed by atoms with Crippen LogP contribution in [-0.4, -0.2) is 49.7 Å². The zero-order chi connectivity index (χ0) is 26.0. The van der Waals surface area contributed by atoms with Crippen molar-refractivity contribution in [3.05, 3.63) is 71.8 Å². The predicted octanol–water partition coefficient (Wildman–Crippen LogP) is 6.41. The molecule has 3 aromatic rings. The Hall–Kier alpha value is -2.81. The maximum atomic E-state index is 14.0. The summed E-state index contributed by atoms with van der Waals surface area (Å²) in [5, 5.41) is 9.66. The standard InChI is InChI=1S/C28H32N2O4S2/c1-5-6-10-22-18-30(21-11-8-7-9-12-21)25-17-26(35-4)24(16-27(25)36(33,34)29(22)3)20-14-13-19(2)23(15-20)28(31)32/h7-9,11-17,22H,5-6,10,18H2,1-4H3,(H,31,32). The SMILES string of the molecule is CCCCC1CN(c2ccccc2)c2cc(SC)c(-c3ccc(C)c(C(=O)O)c3)cc2S(=O)(=O)N1C. The van der Waals surface area contributed by atoms with Crippen molar-refractivity contribution in [2.24, 2.45) is 0 Å². The minimum absolute atomic E-state index is 0.179. The minimum atomic E-state index is -3.80. The van der Waals surface area contributed by atoms with Crippen LogP contribution in [0.4, 0.5) is 11.4 Å². The largest absolute Gasteiger partial charge is 0.478 e. The zero-order valence-electron chi connectivity index (χ0n) is 21.1. The topological polar surface area (TPSA) is 77.9 Å². The molecule has 1 aliphatic heterocycles. The molecular weight excluding hydrogens is 492 g/mol. The van der Waals surface area contributed by atoms with Gasteiger partial charge in [0.1, 0.15) is 4.90 Å². The number of sulfonamides is 1. The molecule has 0 aliphatic carbocycles. The van der Waals surface area contributed by atoms with Gasteiger partial charge in [-0.05, 0) is 66.6 Å². The van der Waals surface area contributed by atoms with E-state index in [-0.39, 0.29) is 16.5 Å². The van der Waals surface area contributed by atoms with Crippen LogP contribution in [0.3, 0.4) is 0 Å². The molecular formula is C28H32N2O4S2. The van der Waals surface area contributed by atoms with Crippen molar-refractivity contribution in [2.75, 3.05) is 24.7 Å². The summed E-state index contributed by atoms with van der Waals surface area (Å²) in [6.07, 6.45) is 4.65. The molecule has 1 aliphatic rings. The van der Waals surface area contributed by atoms with Gasteiger partial charge >= 0.3 is 5.97 Å². The van der Waals surface area contributed by atoms with Gasteiger partial charge in [-0.1, -0.05) is 50.1 Å². The highest BCUT2D eigenvalue weighted by molar-refractivity contribution is 7.98. The summed E-state index contributed by atoms with van der Waals surface area (Å²) in [4.78, 5) is 15.0. The molecule has 0 amide bonds. The highest BCUT2D eigenvalue weighted by atomic mass is 32.2. The number of carbonyl (C=O) groups is 1. The van der Waals surface area contributed by atoms with E-state index in [4.69, 9.17) is 0 Å². The number of fused-ring (bicyclic) bond motifs is 1. The van der Waals surface area contributed by atoms with Crippen LogP contribution in [0, 0.1) is 6.92 Å². The molecule has 8 heteroatoms. The van der Waals surface area contributed by atoms with E-state index >= 15 is 0 Å². The lowest BCUT2D eigenvalue weighted by molar-refractivity contribution is 0.0696. The fraction of sp³-hybridized carbons (Fsp3) is 0.321. The van der Waals surface area contributed by atoms with Crippen LogP contribution in [0.15, 0.2) is 70.5 Å². The van der Waals surface area contributed by atoms with Crippen molar-refractivity contribution in [1.82, 2.24) is 4.31 Å². The molecule has 1 N–H and O–H groups in total. The zero-order valence-corrected chi connectivity index (χ0v) is 22.7. The third kappa shape index (κ3) is 4.90. The van der Waals surface area contributed by atoms with Gasteiger partial charge in [-0.3, -0.25) is 0 Å². The molecule has 0 saturated heterocycles. The Labute approximate surface area is 218 Å². The molecule has 0 saturated carbocycles. The Balaban J connectivity index is 1.98. The van der Waals surface area contributed by atoms with Crippen molar-refractivity contribution in [3.63, 3.8) is 0 Å². The Morgan fingerprint density at radius 2 is 1.83 bits per heavy atom. The second-order valence-corrected chi connectivity index (χ2v) is 11.9. The molecule has 190 valence electrons. The van der Waals surface area contributed by atoms with Gasteiger partial charge in [0.2, 0.25) is 10.0 Å². The van der Waals surface area contributed by atoms with Crippen molar-refractivity contribution in [2.45, 2.75) is 48.9 Å². The lowest BCUT2D eigenvalue weighted by atomic mass is 9.99. The first kappa shape index (κ1) is 26.3. The Kier molecular flexibility index (Phi) is 7.78. The number of rotatable bonds is 7. The fourth-order valence-electron chi connectivity index (χ4n) is 4.72. The molecule has 6 nitrogen and oxygen atoms in total. The van der Waals surface area contributed by atoms with Crippen LogP contribution in [-0.2, 0) is 10.0 Å². The number of para-hydroxylation sites is 1. The van der Waals surface area contributed by atoms with Crippen molar-refractivity contribution in [1.29, 1.82) is 0 Å².